The van der Waals surface area contributed by atoms with E-state index in [1.54, 1.807) is 71.0 Å². The van der Waals surface area contributed by atoms with Gasteiger partial charge in [-0.25, -0.2) is 0 Å². The summed E-state index contributed by atoms with van der Waals surface area (Å²) in [4.78, 5) is 52.0. The Morgan fingerprint density at radius 1 is 0.743 bits per heavy atom. The van der Waals surface area contributed by atoms with Gasteiger partial charge in [-0.3, -0.25) is 19.2 Å². The lowest BCUT2D eigenvalue weighted by Crippen LogP contribution is -2.46. The summed E-state index contributed by atoms with van der Waals surface area (Å²) in [5, 5.41) is 0.611. The maximum absolute atomic E-state index is 13.3. The van der Waals surface area contributed by atoms with Crippen LogP contribution < -0.4 is 0 Å². The first-order valence-electron chi connectivity index (χ1n) is 11.4. The van der Waals surface area contributed by atoms with Gasteiger partial charge in [0.05, 0.1) is 19.6 Å². The predicted molar refractivity (Wildman–Crippen MR) is 132 cm³/mol. The van der Waals surface area contributed by atoms with Gasteiger partial charge in [0.15, 0.2) is 11.2 Å². The van der Waals surface area contributed by atoms with Gasteiger partial charge in [-0.2, -0.15) is 0 Å². The third kappa shape index (κ3) is 7.65. The first-order valence-corrected chi connectivity index (χ1v) is 11.7. The lowest BCUT2D eigenvalue weighted by Gasteiger charge is -2.29. The Hall–Kier alpha value is -3.19. The number of carbonyl (C=O) groups is 4. The number of benzene rings is 2. The van der Waals surface area contributed by atoms with E-state index < -0.39 is 47.5 Å². The zero-order chi connectivity index (χ0) is 26.2. The monoisotopic (exact) mass is 502 g/mol. The average Bonchev–Trinajstić information content (AvgIpc) is 2.78. The van der Waals surface area contributed by atoms with Gasteiger partial charge < -0.3 is 14.2 Å². The summed E-state index contributed by atoms with van der Waals surface area (Å²) in [5.41, 5.74) is -0.988. The number of rotatable bonds is 10. The Labute approximate surface area is 210 Å². The predicted octanol–water partition coefficient (Wildman–Crippen LogP) is 5.42. The van der Waals surface area contributed by atoms with E-state index in [4.69, 9.17) is 25.8 Å². The van der Waals surface area contributed by atoms with Crippen LogP contribution in [0.5, 0.6) is 0 Å². The minimum absolute atomic E-state index is 0.0434. The molecule has 8 heteroatoms. The number of hydrogen-bond donors (Lipinski definition) is 0. The quantitative estimate of drug-likeness (QED) is 0.185. The van der Waals surface area contributed by atoms with E-state index in [0.29, 0.717) is 5.02 Å². The molecule has 0 radical (unpaired) electrons. The highest BCUT2D eigenvalue weighted by Gasteiger charge is 2.53. The molecule has 0 heterocycles. The van der Waals surface area contributed by atoms with E-state index in [2.05, 4.69) is 0 Å². The van der Waals surface area contributed by atoms with Crippen molar-refractivity contribution in [3.63, 3.8) is 0 Å². The number of esters is 3. The molecule has 0 bridgehead atoms. The second-order valence-corrected chi connectivity index (χ2v) is 9.41. The Balaban J connectivity index is 2.40. The van der Waals surface area contributed by atoms with E-state index in [9.17, 15) is 19.2 Å². The van der Waals surface area contributed by atoms with Crippen molar-refractivity contribution in [2.45, 2.75) is 53.1 Å². The van der Waals surface area contributed by atoms with Crippen molar-refractivity contribution in [3.05, 3.63) is 59.1 Å². The molecule has 0 aliphatic heterocycles. The summed E-state index contributed by atoms with van der Waals surface area (Å²) in [7, 11) is 0. The Kier molecular flexibility index (Phi) is 9.60. The first kappa shape index (κ1) is 28.1. The van der Waals surface area contributed by atoms with Crippen LogP contribution in [0, 0.1) is 5.41 Å². The van der Waals surface area contributed by atoms with Crippen LogP contribution in [-0.2, 0) is 28.6 Å². The summed E-state index contributed by atoms with van der Waals surface area (Å²) in [6, 6.07) is 13.9. The first-order chi connectivity index (χ1) is 16.4. The smallest absolute Gasteiger partial charge is 0.324 e. The molecule has 2 rings (SSSR count). The number of hydrogen-bond acceptors (Lipinski definition) is 7. The SMILES string of the molecule is CCOC(=O)C(CC(=O)OC(C)(C)C)(CC(=O)c1ccc(-c2ccc(Cl)cc2)cc1)C(=O)OCC. The summed E-state index contributed by atoms with van der Waals surface area (Å²) < 4.78 is 15.6. The van der Waals surface area contributed by atoms with Gasteiger partial charge in [0.1, 0.15) is 5.60 Å². The minimum atomic E-state index is -2.17. The van der Waals surface area contributed by atoms with Gasteiger partial charge in [-0.15, -0.1) is 0 Å². The van der Waals surface area contributed by atoms with Crippen molar-refractivity contribution in [1.29, 1.82) is 0 Å². The standard InChI is InChI=1S/C27H31ClO7/c1-6-33-24(31)27(25(32)34-7-2,17-23(30)35-26(3,4)5)16-22(29)20-10-8-18(9-11-20)19-12-14-21(28)15-13-19/h8-15H,6-7,16-17H2,1-5H3. The van der Waals surface area contributed by atoms with Crippen LogP contribution in [0.1, 0.15) is 57.8 Å². The minimum Gasteiger partial charge on any atom is -0.465 e. The molecule has 0 amide bonds. The molecule has 0 saturated carbocycles. The van der Waals surface area contributed by atoms with Crippen LogP contribution in [0.15, 0.2) is 48.5 Å². The summed E-state index contributed by atoms with van der Waals surface area (Å²) in [6.07, 6.45) is -1.29. The van der Waals surface area contributed by atoms with Crippen LogP contribution in [-0.4, -0.2) is 42.5 Å². The molecule has 35 heavy (non-hydrogen) atoms. The van der Waals surface area contributed by atoms with Crippen molar-refractivity contribution < 1.29 is 33.4 Å². The topological polar surface area (TPSA) is 96.0 Å². The highest BCUT2D eigenvalue weighted by molar-refractivity contribution is 6.30. The fourth-order valence-electron chi connectivity index (χ4n) is 3.46. The highest BCUT2D eigenvalue weighted by atomic mass is 35.5. The number of halogens is 1. The molecule has 0 atom stereocenters. The molecule has 0 saturated heterocycles. The lowest BCUT2D eigenvalue weighted by atomic mass is 9.78. The molecule has 0 unspecified atom stereocenters. The second kappa shape index (κ2) is 12.0. The third-order valence-corrected chi connectivity index (χ3v) is 5.30. The van der Waals surface area contributed by atoms with E-state index in [-0.39, 0.29) is 18.8 Å². The van der Waals surface area contributed by atoms with Crippen molar-refractivity contribution in [3.8, 4) is 11.1 Å². The van der Waals surface area contributed by atoms with Crippen LogP contribution in [0.25, 0.3) is 11.1 Å². The van der Waals surface area contributed by atoms with Crippen LogP contribution >= 0.6 is 11.6 Å². The molecule has 0 aromatic heterocycles. The molecule has 0 aliphatic rings. The van der Waals surface area contributed by atoms with Crippen molar-refractivity contribution in [2.75, 3.05) is 13.2 Å². The fraction of sp³-hybridized carbons (Fsp3) is 0.407. The highest BCUT2D eigenvalue weighted by Crippen LogP contribution is 2.34. The molecule has 188 valence electrons. The zero-order valence-corrected chi connectivity index (χ0v) is 21.4. The van der Waals surface area contributed by atoms with Crippen molar-refractivity contribution in [1.82, 2.24) is 0 Å². The normalized spacial score (nSPS) is 11.5. The largest absolute Gasteiger partial charge is 0.465 e. The number of ether oxygens (including phenoxy) is 3. The number of Topliss-reactive ketones (excluding diaryl/α,β-unsaturated/α-hetero) is 1. The molecule has 2 aromatic carbocycles. The van der Waals surface area contributed by atoms with Crippen LogP contribution in [0.2, 0.25) is 5.02 Å². The Morgan fingerprint density at radius 3 is 1.63 bits per heavy atom. The Bertz CT molecular complexity index is 1030. The van der Waals surface area contributed by atoms with E-state index in [1.807, 2.05) is 12.1 Å². The van der Waals surface area contributed by atoms with Gasteiger partial charge in [0.2, 0.25) is 0 Å². The van der Waals surface area contributed by atoms with Gasteiger partial charge >= 0.3 is 17.9 Å². The van der Waals surface area contributed by atoms with Gasteiger partial charge in [0, 0.05) is 17.0 Å². The van der Waals surface area contributed by atoms with Gasteiger partial charge in [0.25, 0.3) is 0 Å². The summed E-state index contributed by atoms with van der Waals surface area (Å²) in [5.74, 6) is -3.34. The third-order valence-electron chi connectivity index (χ3n) is 5.05. The van der Waals surface area contributed by atoms with E-state index >= 15 is 0 Å². The fourth-order valence-corrected chi connectivity index (χ4v) is 3.59. The second-order valence-electron chi connectivity index (χ2n) is 8.97. The lowest BCUT2D eigenvalue weighted by molar-refractivity contribution is -0.179. The maximum Gasteiger partial charge on any atom is 0.324 e. The molecular formula is C27H31ClO7. The molecule has 0 N–H and O–H groups in total. The van der Waals surface area contributed by atoms with Crippen molar-refractivity contribution >= 4 is 35.3 Å². The van der Waals surface area contributed by atoms with Crippen LogP contribution in [0.4, 0.5) is 0 Å². The van der Waals surface area contributed by atoms with Gasteiger partial charge in [-0.05, 0) is 57.9 Å². The van der Waals surface area contributed by atoms with Crippen LogP contribution in [0.3, 0.4) is 0 Å². The number of ketones is 1. The van der Waals surface area contributed by atoms with E-state index in [1.165, 1.54) is 0 Å². The molecule has 0 spiro atoms. The molecular weight excluding hydrogens is 472 g/mol. The zero-order valence-electron chi connectivity index (χ0n) is 20.7. The molecule has 0 fully saturated rings. The van der Waals surface area contributed by atoms with Gasteiger partial charge in [-0.1, -0.05) is 48.0 Å². The van der Waals surface area contributed by atoms with E-state index in [0.717, 1.165) is 11.1 Å². The maximum atomic E-state index is 13.3. The summed E-state index contributed by atoms with van der Waals surface area (Å²) >= 11 is 5.94. The molecule has 7 nitrogen and oxygen atoms in total. The average molecular weight is 503 g/mol. The Morgan fingerprint density at radius 2 is 1.20 bits per heavy atom. The molecule has 0 aliphatic carbocycles. The van der Waals surface area contributed by atoms with Crippen molar-refractivity contribution in [2.24, 2.45) is 5.41 Å². The molecule has 2 aromatic rings. The number of carbonyl (C=O) groups excluding carboxylic acids is 4. The summed E-state index contributed by atoms with van der Waals surface area (Å²) in [6.45, 7) is 8.03.